The summed E-state index contributed by atoms with van der Waals surface area (Å²) in [6, 6.07) is 5.26. The highest BCUT2D eigenvalue weighted by Gasteiger charge is 2.39. The molecule has 11 heteroatoms. The van der Waals surface area contributed by atoms with Gasteiger partial charge in [-0.05, 0) is 6.07 Å². The number of thioether (sulfide) groups is 1. The summed E-state index contributed by atoms with van der Waals surface area (Å²) in [5.74, 6) is -1.23. The Morgan fingerprint density at radius 1 is 1.40 bits per heavy atom. The van der Waals surface area contributed by atoms with Gasteiger partial charge in [-0.2, -0.15) is 10.4 Å². The number of nitriles is 1. The lowest BCUT2D eigenvalue weighted by molar-refractivity contribution is 0.0133. The second-order valence-electron chi connectivity index (χ2n) is 6.67. The van der Waals surface area contributed by atoms with Gasteiger partial charge in [-0.25, -0.2) is 23.4 Å². The third kappa shape index (κ3) is 3.69. The first-order valence-electron chi connectivity index (χ1n) is 8.89. The second kappa shape index (κ2) is 8.14. The van der Waals surface area contributed by atoms with Crippen LogP contribution >= 0.6 is 23.1 Å². The highest BCUT2D eigenvalue weighted by molar-refractivity contribution is 7.99. The monoisotopic (exact) mass is 446 g/mol. The van der Waals surface area contributed by atoms with E-state index in [4.69, 9.17) is 0 Å². The lowest BCUT2D eigenvalue weighted by Crippen LogP contribution is -2.41. The molecule has 0 spiro atoms. The summed E-state index contributed by atoms with van der Waals surface area (Å²) in [7, 11) is 0. The topological polar surface area (TPSA) is 92.0 Å². The van der Waals surface area contributed by atoms with Crippen LogP contribution in [-0.4, -0.2) is 34.5 Å². The number of hydrogen-bond donors (Lipinski definition) is 1. The molecule has 0 saturated heterocycles. The van der Waals surface area contributed by atoms with Crippen LogP contribution in [0.5, 0.6) is 0 Å². The Labute approximate surface area is 178 Å². The number of aliphatic hydroxyl groups is 1. The van der Waals surface area contributed by atoms with Crippen LogP contribution < -0.4 is 0 Å². The zero-order valence-electron chi connectivity index (χ0n) is 15.7. The van der Waals surface area contributed by atoms with Crippen molar-refractivity contribution in [2.75, 3.05) is 0 Å². The largest absolute Gasteiger partial charge is 0.382 e. The van der Waals surface area contributed by atoms with Gasteiger partial charge in [0.25, 0.3) is 0 Å². The van der Waals surface area contributed by atoms with E-state index in [9.17, 15) is 19.1 Å². The van der Waals surface area contributed by atoms with E-state index in [0.717, 1.165) is 12.1 Å². The number of halogens is 2. The molecule has 4 rings (SSSR count). The van der Waals surface area contributed by atoms with Crippen molar-refractivity contribution in [2.45, 2.75) is 30.1 Å². The number of aromatic nitrogens is 5. The molecule has 154 valence electrons. The fourth-order valence-electron chi connectivity index (χ4n) is 3.23. The summed E-state index contributed by atoms with van der Waals surface area (Å²) in [5.41, 5.74) is -0.728. The number of hydrogen-bond acceptors (Lipinski definition) is 7. The van der Waals surface area contributed by atoms with Crippen LogP contribution in [0.1, 0.15) is 23.9 Å². The Hall–Kier alpha value is -2.81. The third-order valence-corrected chi connectivity index (χ3v) is 6.94. The molecular weight excluding hydrogens is 430 g/mol. The zero-order valence-corrected chi connectivity index (χ0v) is 17.4. The number of imidazole rings is 1. The molecule has 0 bridgehead atoms. The fourth-order valence-corrected chi connectivity index (χ4v) is 5.05. The summed E-state index contributed by atoms with van der Waals surface area (Å²) >= 11 is 2.74. The fraction of sp³-hybridized carbons (Fsp3) is 0.263. The molecule has 0 aliphatic carbocycles. The molecule has 0 amide bonds. The van der Waals surface area contributed by atoms with E-state index in [1.165, 1.54) is 46.5 Å². The molecule has 0 unspecified atom stereocenters. The van der Waals surface area contributed by atoms with Gasteiger partial charge in [-0.1, -0.05) is 13.0 Å². The average Bonchev–Trinajstić information content (AvgIpc) is 3.43. The van der Waals surface area contributed by atoms with E-state index >= 15 is 0 Å². The normalized spacial score (nSPS) is 14.5. The van der Waals surface area contributed by atoms with Gasteiger partial charge in [0.15, 0.2) is 4.96 Å². The molecule has 1 aromatic carbocycles. The Morgan fingerprint density at radius 2 is 2.23 bits per heavy atom. The minimum Gasteiger partial charge on any atom is -0.382 e. The maximum Gasteiger partial charge on any atom is 0.194 e. The molecule has 3 heterocycles. The predicted octanol–water partition coefficient (Wildman–Crippen LogP) is 3.35. The molecule has 2 atom stereocenters. The molecule has 0 radical (unpaired) electrons. The quantitative estimate of drug-likeness (QED) is 0.468. The van der Waals surface area contributed by atoms with Crippen molar-refractivity contribution in [3.8, 4) is 6.07 Å². The molecule has 3 aromatic heterocycles. The summed E-state index contributed by atoms with van der Waals surface area (Å²) in [6.07, 6.45) is 4.51. The van der Waals surface area contributed by atoms with Crippen molar-refractivity contribution in [1.82, 2.24) is 24.1 Å². The smallest absolute Gasteiger partial charge is 0.194 e. The summed E-state index contributed by atoms with van der Waals surface area (Å²) in [5, 5.41) is 26.3. The maximum absolute atomic E-state index is 14.6. The van der Waals surface area contributed by atoms with E-state index in [1.54, 1.807) is 17.5 Å². The van der Waals surface area contributed by atoms with Gasteiger partial charge in [0.1, 0.15) is 41.7 Å². The maximum atomic E-state index is 14.6. The van der Waals surface area contributed by atoms with Gasteiger partial charge >= 0.3 is 0 Å². The van der Waals surface area contributed by atoms with E-state index < -0.39 is 22.5 Å². The van der Waals surface area contributed by atoms with Crippen LogP contribution in [0.25, 0.3) is 4.96 Å². The number of rotatable bonds is 7. The van der Waals surface area contributed by atoms with E-state index in [1.807, 2.05) is 5.38 Å². The standard InChI is InChI=1S/C19H16F2N6OS2/c1-12(30-8-16-17(7-22)27-4-5-29-18(27)25-16)19(28,9-26-11-23-10-24-26)14-3-2-13(20)6-15(14)21/h2-6,10-12,28H,8-9H2,1H3/t12-,19-/m1/s1. The van der Waals surface area contributed by atoms with Gasteiger partial charge < -0.3 is 5.11 Å². The van der Waals surface area contributed by atoms with Crippen LogP contribution in [-0.2, 0) is 17.9 Å². The minimum absolute atomic E-state index is 0.0364. The number of nitrogens with zero attached hydrogens (tertiary/aromatic N) is 6. The van der Waals surface area contributed by atoms with Crippen LogP contribution in [0.15, 0.2) is 42.4 Å². The van der Waals surface area contributed by atoms with Crippen LogP contribution in [0.2, 0.25) is 0 Å². The molecule has 1 N–H and O–H groups in total. The Kier molecular flexibility index (Phi) is 5.55. The number of benzene rings is 1. The summed E-state index contributed by atoms with van der Waals surface area (Å²) < 4.78 is 31.2. The third-order valence-electron chi connectivity index (χ3n) is 4.85. The Morgan fingerprint density at radius 3 is 2.93 bits per heavy atom. The lowest BCUT2D eigenvalue weighted by Gasteiger charge is -2.34. The van der Waals surface area contributed by atoms with Crippen molar-refractivity contribution in [3.05, 3.63) is 71.0 Å². The highest BCUT2D eigenvalue weighted by Crippen LogP contribution is 2.37. The van der Waals surface area contributed by atoms with Crippen LogP contribution in [0.4, 0.5) is 8.78 Å². The van der Waals surface area contributed by atoms with Crippen molar-refractivity contribution < 1.29 is 13.9 Å². The van der Waals surface area contributed by atoms with Gasteiger partial charge in [-0.3, -0.25) is 4.40 Å². The first kappa shape index (κ1) is 20.5. The summed E-state index contributed by atoms with van der Waals surface area (Å²) in [4.78, 5) is 9.05. The zero-order chi connectivity index (χ0) is 21.3. The number of fused-ring (bicyclic) bond motifs is 1. The Balaban J connectivity index is 1.64. The molecule has 0 fully saturated rings. The lowest BCUT2D eigenvalue weighted by atomic mass is 9.90. The minimum atomic E-state index is -1.71. The van der Waals surface area contributed by atoms with Crippen molar-refractivity contribution in [3.63, 3.8) is 0 Å². The molecule has 0 saturated carbocycles. The SMILES string of the molecule is C[C@@H](SCc1nc2sccn2c1C#N)[C@](O)(Cn1cncn1)c1ccc(F)cc1F. The van der Waals surface area contributed by atoms with E-state index in [2.05, 4.69) is 21.1 Å². The van der Waals surface area contributed by atoms with Gasteiger partial charge in [0.2, 0.25) is 0 Å². The summed E-state index contributed by atoms with van der Waals surface area (Å²) in [6.45, 7) is 1.67. The first-order chi connectivity index (χ1) is 14.4. The van der Waals surface area contributed by atoms with E-state index in [0.29, 0.717) is 22.1 Å². The van der Waals surface area contributed by atoms with Crippen molar-refractivity contribution in [1.29, 1.82) is 5.26 Å². The highest BCUT2D eigenvalue weighted by atomic mass is 32.2. The molecule has 7 nitrogen and oxygen atoms in total. The van der Waals surface area contributed by atoms with Gasteiger partial charge in [0, 0.05) is 34.2 Å². The van der Waals surface area contributed by atoms with Crippen LogP contribution in [0, 0.1) is 23.0 Å². The average molecular weight is 447 g/mol. The number of thiazole rings is 1. The molecule has 4 aromatic rings. The second-order valence-corrected chi connectivity index (χ2v) is 8.87. The van der Waals surface area contributed by atoms with Crippen molar-refractivity contribution in [2.24, 2.45) is 0 Å². The predicted molar refractivity (Wildman–Crippen MR) is 109 cm³/mol. The van der Waals surface area contributed by atoms with E-state index in [-0.39, 0.29) is 12.1 Å². The van der Waals surface area contributed by atoms with Crippen molar-refractivity contribution >= 4 is 28.1 Å². The van der Waals surface area contributed by atoms with Gasteiger partial charge in [0.05, 0.1) is 12.2 Å². The van der Waals surface area contributed by atoms with Gasteiger partial charge in [-0.15, -0.1) is 23.1 Å². The molecule has 0 aliphatic heterocycles. The molecular formula is C19H16F2N6OS2. The van der Waals surface area contributed by atoms with Crippen LogP contribution in [0.3, 0.4) is 0 Å². The molecule has 0 aliphatic rings. The molecule has 30 heavy (non-hydrogen) atoms. The first-order valence-corrected chi connectivity index (χ1v) is 10.8. The Bertz CT molecular complexity index is 1220.